The summed E-state index contributed by atoms with van der Waals surface area (Å²) in [6.45, 7) is 4.36. The van der Waals surface area contributed by atoms with Gasteiger partial charge in [0.2, 0.25) is 0 Å². The van der Waals surface area contributed by atoms with E-state index in [2.05, 4.69) is 19.0 Å². The zero-order valence-electron chi connectivity index (χ0n) is 8.90. The molecule has 0 aromatic carbocycles. The summed E-state index contributed by atoms with van der Waals surface area (Å²) in [4.78, 5) is 10.5. The average molecular weight is 229 g/mol. The highest BCUT2D eigenvalue weighted by atomic mass is 32.2. The van der Waals surface area contributed by atoms with Gasteiger partial charge >= 0.3 is 5.97 Å². The fourth-order valence-electron chi connectivity index (χ4n) is 0.974. The van der Waals surface area contributed by atoms with Crippen LogP contribution in [0.2, 0.25) is 0 Å². The molecule has 0 saturated carbocycles. The number of hydrogen-bond donors (Lipinski definition) is 1. The number of aromatic carboxylic acids is 1. The van der Waals surface area contributed by atoms with E-state index in [0.29, 0.717) is 17.4 Å². The summed E-state index contributed by atoms with van der Waals surface area (Å²) in [5.74, 6) is 2.02. The van der Waals surface area contributed by atoms with Gasteiger partial charge in [0.25, 0.3) is 0 Å². The monoisotopic (exact) mass is 229 g/mol. The van der Waals surface area contributed by atoms with Gasteiger partial charge in [-0.25, -0.2) is 4.79 Å². The van der Waals surface area contributed by atoms with Crippen LogP contribution in [0.5, 0.6) is 0 Å². The Morgan fingerprint density at radius 3 is 2.93 bits per heavy atom. The highest BCUT2D eigenvalue weighted by molar-refractivity contribution is 7.98. The third-order valence-corrected chi connectivity index (χ3v) is 2.87. The molecular formula is C10H15NO3S. The second kappa shape index (κ2) is 5.80. The lowest BCUT2D eigenvalue weighted by Gasteiger charge is -2.01. The number of carboxylic acid groups (broad SMARTS) is 1. The Morgan fingerprint density at radius 1 is 1.67 bits per heavy atom. The van der Waals surface area contributed by atoms with Crippen molar-refractivity contribution in [2.45, 2.75) is 26.0 Å². The fourth-order valence-corrected chi connectivity index (χ4v) is 2.09. The summed E-state index contributed by atoms with van der Waals surface area (Å²) in [5, 5.41) is 12.1. The van der Waals surface area contributed by atoms with Gasteiger partial charge in [-0.1, -0.05) is 19.0 Å². The minimum absolute atomic E-state index is 0.0190. The largest absolute Gasteiger partial charge is 0.476 e. The minimum atomic E-state index is -1.04. The van der Waals surface area contributed by atoms with Crippen LogP contribution in [0.15, 0.2) is 10.6 Å². The summed E-state index contributed by atoms with van der Waals surface area (Å²) in [6, 6.07) is 1.48. The maximum Gasteiger partial charge on any atom is 0.358 e. The smallest absolute Gasteiger partial charge is 0.358 e. The van der Waals surface area contributed by atoms with Gasteiger partial charge in [0.05, 0.1) is 5.75 Å². The van der Waals surface area contributed by atoms with Crippen molar-refractivity contribution in [3.05, 3.63) is 17.5 Å². The van der Waals surface area contributed by atoms with E-state index in [1.165, 1.54) is 6.07 Å². The van der Waals surface area contributed by atoms with Crippen molar-refractivity contribution in [2.24, 2.45) is 5.92 Å². The standard InChI is InChI=1S/C10H15NO3S/c1-7(2)3-4-15-6-8-5-9(10(12)13)11-14-8/h5,7H,3-4,6H2,1-2H3,(H,12,13). The van der Waals surface area contributed by atoms with Crippen molar-refractivity contribution in [3.8, 4) is 0 Å². The van der Waals surface area contributed by atoms with E-state index in [1.807, 2.05) is 0 Å². The molecule has 0 aliphatic heterocycles. The first-order chi connectivity index (χ1) is 7.09. The lowest BCUT2D eigenvalue weighted by Crippen LogP contribution is -1.94. The van der Waals surface area contributed by atoms with E-state index < -0.39 is 5.97 Å². The molecule has 1 heterocycles. The van der Waals surface area contributed by atoms with Gasteiger partial charge in [-0.3, -0.25) is 0 Å². The number of carboxylic acids is 1. The van der Waals surface area contributed by atoms with Crippen LogP contribution >= 0.6 is 11.8 Å². The zero-order valence-corrected chi connectivity index (χ0v) is 9.71. The molecule has 4 nitrogen and oxygen atoms in total. The first kappa shape index (κ1) is 12.1. The highest BCUT2D eigenvalue weighted by Crippen LogP contribution is 2.16. The molecule has 0 unspecified atom stereocenters. The third kappa shape index (κ3) is 4.38. The van der Waals surface area contributed by atoms with Crippen molar-refractivity contribution in [2.75, 3.05) is 5.75 Å². The predicted molar refractivity (Wildman–Crippen MR) is 59.1 cm³/mol. The van der Waals surface area contributed by atoms with Gasteiger partial charge in [0.15, 0.2) is 5.69 Å². The summed E-state index contributed by atoms with van der Waals surface area (Å²) in [7, 11) is 0. The first-order valence-electron chi connectivity index (χ1n) is 4.86. The normalized spacial score (nSPS) is 10.9. The molecule has 0 aliphatic carbocycles. The van der Waals surface area contributed by atoms with Gasteiger partial charge in [-0.2, -0.15) is 11.8 Å². The number of aromatic nitrogens is 1. The van der Waals surface area contributed by atoms with Crippen LogP contribution < -0.4 is 0 Å². The Bertz CT molecular complexity index is 322. The number of hydrogen-bond acceptors (Lipinski definition) is 4. The number of thioether (sulfide) groups is 1. The van der Waals surface area contributed by atoms with Crippen LogP contribution in [0.25, 0.3) is 0 Å². The Morgan fingerprint density at radius 2 is 2.40 bits per heavy atom. The summed E-state index contributed by atoms with van der Waals surface area (Å²) < 4.78 is 4.88. The quantitative estimate of drug-likeness (QED) is 0.760. The number of rotatable bonds is 6. The van der Waals surface area contributed by atoms with E-state index in [-0.39, 0.29) is 5.69 Å². The van der Waals surface area contributed by atoms with Gasteiger partial charge in [-0.05, 0) is 18.1 Å². The first-order valence-corrected chi connectivity index (χ1v) is 6.01. The molecule has 84 valence electrons. The molecule has 0 saturated heterocycles. The van der Waals surface area contributed by atoms with Crippen LogP contribution in [0.3, 0.4) is 0 Å². The molecule has 5 heteroatoms. The maximum absolute atomic E-state index is 10.5. The van der Waals surface area contributed by atoms with Crippen molar-refractivity contribution in [1.82, 2.24) is 5.16 Å². The Balaban J connectivity index is 2.29. The van der Waals surface area contributed by atoms with Gasteiger partial charge in [0, 0.05) is 6.07 Å². The number of carbonyl (C=O) groups is 1. The molecule has 1 aromatic heterocycles. The third-order valence-electron chi connectivity index (χ3n) is 1.86. The van der Waals surface area contributed by atoms with E-state index in [0.717, 1.165) is 12.2 Å². The SMILES string of the molecule is CC(C)CCSCc1cc(C(=O)O)no1. The van der Waals surface area contributed by atoms with E-state index in [9.17, 15) is 4.79 Å². The fraction of sp³-hybridized carbons (Fsp3) is 0.600. The minimum Gasteiger partial charge on any atom is -0.476 e. The number of nitrogens with zero attached hydrogens (tertiary/aromatic N) is 1. The van der Waals surface area contributed by atoms with Gasteiger partial charge in [-0.15, -0.1) is 0 Å². The van der Waals surface area contributed by atoms with Crippen LogP contribution in [-0.2, 0) is 5.75 Å². The molecule has 0 atom stereocenters. The van der Waals surface area contributed by atoms with Crippen molar-refractivity contribution in [3.63, 3.8) is 0 Å². The van der Waals surface area contributed by atoms with Crippen LogP contribution in [0, 0.1) is 5.92 Å². The van der Waals surface area contributed by atoms with E-state index in [1.54, 1.807) is 11.8 Å². The molecule has 0 radical (unpaired) electrons. The molecule has 0 bridgehead atoms. The maximum atomic E-state index is 10.5. The Hall–Kier alpha value is -0.970. The zero-order chi connectivity index (χ0) is 11.3. The van der Waals surface area contributed by atoms with Crippen molar-refractivity contribution >= 4 is 17.7 Å². The van der Waals surface area contributed by atoms with Crippen LogP contribution in [-0.4, -0.2) is 22.0 Å². The molecule has 0 fully saturated rings. The molecule has 0 spiro atoms. The van der Waals surface area contributed by atoms with Crippen molar-refractivity contribution < 1.29 is 14.4 Å². The second-order valence-electron chi connectivity index (χ2n) is 3.72. The van der Waals surface area contributed by atoms with E-state index in [4.69, 9.17) is 9.63 Å². The Labute approximate surface area is 93.0 Å². The average Bonchev–Trinajstić information content (AvgIpc) is 2.60. The van der Waals surface area contributed by atoms with Gasteiger partial charge < -0.3 is 9.63 Å². The molecule has 1 N–H and O–H groups in total. The molecule has 0 aliphatic rings. The molecule has 1 rings (SSSR count). The topological polar surface area (TPSA) is 63.3 Å². The molecule has 0 amide bonds. The molecule has 15 heavy (non-hydrogen) atoms. The summed E-state index contributed by atoms with van der Waals surface area (Å²) in [5.41, 5.74) is -0.0190. The lowest BCUT2D eigenvalue weighted by molar-refractivity contribution is 0.0685. The van der Waals surface area contributed by atoms with Gasteiger partial charge in [0.1, 0.15) is 5.76 Å². The summed E-state index contributed by atoms with van der Waals surface area (Å²) in [6.07, 6.45) is 1.16. The van der Waals surface area contributed by atoms with Crippen LogP contribution in [0.4, 0.5) is 0 Å². The van der Waals surface area contributed by atoms with Crippen molar-refractivity contribution in [1.29, 1.82) is 0 Å². The van der Waals surface area contributed by atoms with Crippen LogP contribution in [0.1, 0.15) is 36.5 Å². The Kier molecular flexibility index (Phi) is 4.68. The molecular weight excluding hydrogens is 214 g/mol. The predicted octanol–water partition coefficient (Wildman–Crippen LogP) is 2.65. The lowest BCUT2D eigenvalue weighted by atomic mass is 10.2. The second-order valence-corrected chi connectivity index (χ2v) is 4.82. The summed E-state index contributed by atoms with van der Waals surface area (Å²) >= 11 is 1.73. The highest BCUT2D eigenvalue weighted by Gasteiger charge is 2.10. The van der Waals surface area contributed by atoms with E-state index >= 15 is 0 Å². The molecule has 1 aromatic rings.